The van der Waals surface area contributed by atoms with E-state index >= 15 is 0 Å². The lowest BCUT2D eigenvalue weighted by atomic mass is 9.88. The summed E-state index contributed by atoms with van der Waals surface area (Å²) in [4.78, 5) is 11.8. The number of rotatable bonds is 6. The van der Waals surface area contributed by atoms with Gasteiger partial charge < -0.3 is 15.2 Å². The molecule has 1 aromatic rings. The summed E-state index contributed by atoms with van der Waals surface area (Å²) in [6.45, 7) is 2.20. The number of aliphatic hydroxyl groups excluding tert-OH is 1. The van der Waals surface area contributed by atoms with Gasteiger partial charge in [-0.05, 0) is 36.5 Å². The maximum atomic E-state index is 13.1. The Morgan fingerprint density at radius 1 is 1.45 bits per heavy atom. The van der Waals surface area contributed by atoms with Crippen molar-refractivity contribution in [3.05, 3.63) is 35.6 Å². The van der Waals surface area contributed by atoms with Gasteiger partial charge in [0.25, 0.3) is 0 Å². The summed E-state index contributed by atoms with van der Waals surface area (Å²) in [5.41, 5.74) is 0.446. The van der Waals surface area contributed by atoms with Crippen LogP contribution in [0.25, 0.3) is 0 Å². The minimum absolute atomic E-state index is 0.00484. The quantitative estimate of drug-likeness (QED) is 0.849. The summed E-state index contributed by atoms with van der Waals surface area (Å²) in [6, 6.07) is 5.73. The van der Waals surface area contributed by atoms with Crippen LogP contribution in [-0.4, -0.2) is 30.3 Å². The zero-order valence-corrected chi connectivity index (χ0v) is 12.9. The highest BCUT2D eigenvalue weighted by molar-refractivity contribution is 5.77. The van der Waals surface area contributed by atoms with Crippen LogP contribution < -0.4 is 5.32 Å². The second-order valence-electron chi connectivity index (χ2n) is 5.99. The summed E-state index contributed by atoms with van der Waals surface area (Å²) in [6.07, 6.45) is 3.74. The molecule has 0 aliphatic heterocycles. The van der Waals surface area contributed by atoms with Gasteiger partial charge >= 0.3 is 0 Å². The van der Waals surface area contributed by atoms with Crippen molar-refractivity contribution in [3.63, 3.8) is 0 Å². The van der Waals surface area contributed by atoms with Crippen LogP contribution in [0.4, 0.5) is 4.39 Å². The fraction of sp³-hybridized carbons (Fsp3) is 0.588. The zero-order chi connectivity index (χ0) is 15.9. The van der Waals surface area contributed by atoms with E-state index in [1.807, 2.05) is 0 Å². The van der Waals surface area contributed by atoms with Gasteiger partial charge in [-0.1, -0.05) is 31.9 Å². The molecule has 5 heteroatoms. The van der Waals surface area contributed by atoms with Gasteiger partial charge in [-0.2, -0.15) is 0 Å². The molecule has 0 heterocycles. The molecule has 0 spiro atoms. The minimum Gasteiger partial charge on any atom is -0.387 e. The van der Waals surface area contributed by atoms with E-state index in [0.717, 1.165) is 19.3 Å². The molecule has 1 amide bonds. The number of hydrogen-bond acceptors (Lipinski definition) is 3. The average Bonchev–Trinajstić information content (AvgIpc) is 2.52. The van der Waals surface area contributed by atoms with Gasteiger partial charge in [-0.15, -0.1) is 0 Å². The van der Waals surface area contributed by atoms with Crippen LogP contribution in [0.3, 0.4) is 0 Å². The maximum Gasteiger partial charge on any atom is 0.246 e. The van der Waals surface area contributed by atoms with Crippen molar-refractivity contribution in [2.24, 2.45) is 5.92 Å². The molecule has 0 aromatic heterocycles. The number of benzene rings is 1. The first-order valence-electron chi connectivity index (χ1n) is 7.88. The average molecular weight is 309 g/mol. The highest BCUT2D eigenvalue weighted by Crippen LogP contribution is 2.26. The summed E-state index contributed by atoms with van der Waals surface area (Å²) < 4.78 is 18.7. The SMILES string of the molecule is C[C@@H]1CCCC[C@@H]1OCC(=O)NC[C@@H](O)c1cccc(F)c1. The molecule has 1 aliphatic carbocycles. The molecule has 1 saturated carbocycles. The van der Waals surface area contributed by atoms with Crippen LogP contribution in [0.1, 0.15) is 44.3 Å². The Hall–Kier alpha value is -1.46. The number of halogens is 1. The standard InChI is InChI=1S/C17H24FNO3/c1-12-5-2-3-8-16(12)22-11-17(21)19-10-15(20)13-6-4-7-14(18)9-13/h4,6-7,9,12,15-16,20H,2-3,5,8,10-11H2,1H3,(H,19,21)/t12-,15-,16+/m1/s1. The van der Waals surface area contributed by atoms with Crippen LogP contribution in [0.2, 0.25) is 0 Å². The number of amides is 1. The highest BCUT2D eigenvalue weighted by atomic mass is 19.1. The van der Waals surface area contributed by atoms with E-state index in [0.29, 0.717) is 11.5 Å². The Morgan fingerprint density at radius 2 is 2.23 bits per heavy atom. The van der Waals surface area contributed by atoms with Crippen LogP contribution in [0, 0.1) is 11.7 Å². The lowest BCUT2D eigenvalue weighted by molar-refractivity contribution is -0.130. The Kier molecular flexibility index (Phi) is 6.34. The molecule has 2 N–H and O–H groups in total. The number of carbonyl (C=O) groups is 1. The monoisotopic (exact) mass is 309 g/mol. The minimum atomic E-state index is -0.923. The first kappa shape index (κ1) is 16.9. The second kappa shape index (κ2) is 8.25. The number of carbonyl (C=O) groups excluding carboxylic acids is 1. The Morgan fingerprint density at radius 3 is 2.95 bits per heavy atom. The molecule has 1 aliphatic rings. The molecule has 1 aromatic carbocycles. The summed E-state index contributed by atoms with van der Waals surface area (Å²) in [5, 5.41) is 12.5. The smallest absolute Gasteiger partial charge is 0.246 e. The van der Waals surface area contributed by atoms with Crippen molar-refractivity contribution >= 4 is 5.91 Å². The third-order valence-corrected chi connectivity index (χ3v) is 4.19. The lowest BCUT2D eigenvalue weighted by Gasteiger charge is -2.28. The highest BCUT2D eigenvalue weighted by Gasteiger charge is 2.22. The van der Waals surface area contributed by atoms with Crippen LogP contribution in [-0.2, 0) is 9.53 Å². The van der Waals surface area contributed by atoms with Crippen molar-refractivity contribution in [1.82, 2.24) is 5.32 Å². The molecular weight excluding hydrogens is 285 g/mol. The first-order chi connectivity index (χ1) is 10.6. The Balaban J connectivity index is 1.71. The van der Waals surface area contributed by atoms with Crippen LogP contribution in [0.5, 0.6) is 0 Å². The predicted octanol–water partition coefficient (Wildman–Crippen LogP) is 2.57. The van der Waals surface area contributed by atoms with E-state index in [1.165, 1.54) is 24.6 Å². The largest absolute Gasteiger partial charge is 0.387 e. The fourth-order valence-electron chi connectivity index (χ4n) is 2.81. The van der Waals surface area contributed by atoms with Crippen molar-refractivity contribution in [2.45, 2.75) is 44.8 Å². The molecule has 3 atom stereocenters. The number of aliphatic hydroxyl groups is 1. The van der Waals surface area contributed by atoms with Gasteiger partial charge in [0.2, 0.25) is 5.91 Å². The fourth-order valence-corrected chi connectivity index (χ4v) is 2.81. The molecule has 0 unspecified atom stereocenters. The van der Waals surface area contributed by atoms with Gasteiger partial charge in [-0.3, -0.25) is 4.79 Å². The maximum absolute atomic E-state index is 13.1. The predicted molar refractivity (Wildman–Crippen MR) is 81.7 cm³/mol. The summed E-state index contributed by atoms with van der Waals surface area (Å²) in [5.74, 6) is -0.176. The lowest BCUT2D eigenvalue weighted by Crippen LogP contribution is -2.35. The van der Waals surface area contributed by atoms with E-state index in [2.05, 4.69) is 12.2 Å². The van der Waals surface area contributed by atoms with E-state index in [4.69, 9.17) is 4.74 Å². The van der Waals surface area contributed by atoms with Crippen molar-refractivity contribution in [1.29, 1.82) is 0 Å². The normalized spacial score (nSPS) is 23.0. The topological polar surface area (TPSA) is 58.6 Å². The van der Waals surface area contributed by atoms with E-state index < -0.39 is 11.9 Å². The summed E-state index contributed by atoms with van der Waals surface area (Å²) in [7, 11) is 0. The van der Waals surface area contributed by atoms with Crippen molar-refractivity contribution in [3.8, 4) is 0 Å². The molecule has 122 valence electrons. The van der Waals surface area contributed by atoms with Gasteiger partial charge in [0.1, 0.15) is 12.4 Å². The third kappa shape index (κ3) is 5.07. The van der Waals surface area contributed by atoms with Crippen molar-refractivity contribution < 1.29 is 19.0 Å². The van der Waals surface area contributed by atoms with Gasteiger partial charge in [-0.25, -0.2) is 4.39 Å². The molecule has 1 fully saturated rings. The van der Waals surface area contributed by atoms with Gasteiger partial charge in [0.15, 0.2) is 0 Å². The number of nitrogens with one attached hydrogen (secondary N) is 1. The summed E-state index contributed by atoms with van der Waals surface area (Å²) >= 11 is 0. The third-order valence-electron chi connectivity index (χ3n) is 4.19. The van der Waals surface area contributed by atoms with Crippen LogP contribution in [0.15, 0.2) is 24.3 Å². The van der Waals surface area contributed by atoms with Crippen LogP contribution >= 0.6 is 0 Å². The molecule has 0 saturated heterocycles. The van der Waals surface area contributed by atoms with E-state index in [-0.39, 0.29) is 25.2 Å². The van der Waals surface area contributed by atoms with E-state index in [1.54, 1.807) is 6.07 Å². The van der Waals surface area contributed by atoms with Gasteiger partial charge in [0.05, 0.1) is 12.2 Å². The number of ether oxygens (including phenoxy) is 1. The van der Waals surface area contributed by atoms with Crippen molar-refractivity contribution in [2.75, 3.05) is 13.2 Å². The second-order valence-corrected chi connectivity index (χ2v) is 5.99. The van der Waals surface area contributed by atoms with Gasteiger partial charge in [0, 0.05) is 6.54 Å². The Labute approximate surface area is 130 Å². The van der Waals surface area contributed by atoms with E-state index in [9.17, 15) is 14.3 Å². The molecule has 2 rings (SSSR count). The molecule has 0 radical (unpaired) electrons. The molecular formula is C17H24FNO3. The molecule has 4 nitrogen and oxygen atoms in total. The zero-order valence-electron chi connectivity index (χ0n) is 12.9. The first-order valence-corrected chi connectivity index (χ1v) is 7.88. The number of hydrogen-bond donors (Lipinski definition) is 2. The Bertz CT molecular complexity index is 495. The molecule has 22 heavy (non-hydrogen) atoms. The molecule has 0 bridgehead atoms.